The fourth-order valence-corrected chi connectivity index (χ4v) is 4.19. The zero-order chi connectivity index (χ0) is 18.1. The van der Waals surface area contributed by atoms with Gasteiger partial charge in [0, 0.05) is 37.3 Å². The van der Waals surface area contributed by atoms with Gasteiger partial charge in [-0.25, -0.2) is 4.79 Å². The number of carbonyl (C=O) groups is 1. The van der Waals surface area contributed by atoms with Crippen molar-refractivity contribution in [2.24, 2.45) is 11.8 Å². The number of likely N-dealkylation sites (tertiary alicyclic amines) is 1. The Morgan fingerprint density at radius 1 is 1.32 bits per heavy atom. The number of piperidine rings is 1. The molecule has 3 heterocycles. The third-order valence-corrected chi connectivity index (χ3v) is 5.54. The van der Waals surface area contributed by atoms with Gasteiger partial charge in [-0.1, -0.05) is 19.9 Å². The van der Waals surface area contributed by atoms with Crippen molar-refractivity contribution in [1.82, 2.24) is 14.8 Å². The number of rotatable bonds is 3. The monoisotopic (exact) mass is 363 g/mol. The Bertz CT molecular complexity index is 731. The number of esters is 1. The van der Waals surface area contributed by atoms with E-state index in [2.05, 4.69) is 10.2 Å². The van der Waals surface area contributed by atoms with E-state index in [0.29, 0.717) is 11.0 Å². The molecule has 1 aromatic heterocycles. The molecule has 7 heteroatoms. The molecule has 1 aromatic rings. The number of hydrogen-bond donors (Lipinski definition) is 1. The van der Waals surface area contributed by atoms with Crippen molar-refractivity contribution < 1.29 is 9.53 Å². The third kappa shape index (κ3) is 3.56. The van der Waals surface area contributed by atoms with Gasteiger partial charge in [-0.15, -0.1) is 0 Å². The van der Waals surface area contributed by atoms with Gasteiger partial charge < -0.3 is 19.5 Å². The maximum Gasteiger partial charge on any atom is 0.328 e. The molecule has 0 spiro atoms. The minimum Gasteiger partial charge on any atom is -0.467 e. The van der Waals surface area contributed by atoms with Gasteiger partial charge in [-0.05, 0) is 36.5 Å². The van der Waals surface area contributed by atoms with E-state index < -0.39 is 6.04 Å². The largest absolute Gasteiger partial charge is 0.467 e. The van der Waals surface area contributed by atoms with Crippen molar-refractivity contribution in [3.63, 3.8) is 0 Å². The van der Waals surface area contributed by atoms with Crippen molar-refractivity contribution in [3.05, 3.63) is 34.2 Å². The number of hydrogen-bond acceptors (Lipinski definition) is 4. The summed E-state index contributed by atoms with van der Waals surface area (Å²) in [5.41, 5.74) is 1.16. The lowest BCUT2D eigenvalue weighted by atomic mass is 9.83. The summed E-state index contributed by atoms with van der Waals surface area (Å²) >= 11 is 5.58. The van der Waals surface area contributed by atoms with Gasteiger partial charge in [0.25, 0.3) is 5.56 Å². The van der Waals surface area contributed by atoms with Crippen LogP contribution in [0.1, 0.15) is 31.9 Å². The van der Waals surface area contributed by atoms with Gasteiger partial charge in [0.1, 0.15) is 6.04 Å². The molecule has 1 fully saturated rings. The average Bonchev–Trinajstić information content (AvgIpc) is 2.59. The molecule has 0 aromatic carbocycles. The summed E-state index contributed by atoms with van der Waals surface area (Å²) in [5, 5.41) is 3.76. The lowest BCUT2D eigenvalue weighted by molar-refractivity contribution is -0.143. The normalized spacial score (nSPS) is 23.0. The molecule has 6 nitrogen and oxygen atoms in total. The Morgan fingerprint density at radius 3 is 2.76 bits per heavy atom. The Labute approximate surface area is 153 Å². The van der Waals surface area contributed by atoms with E-state index in [1.807, 2.05) is 30.5 Å². The van der Waals surface area contributed by atoms with Gasteiger partial charge in [0.15, 0.2) is 5.11 Å². The predicted molar refractivity (Wildman–Crippen MR) is 99.5 cm³/mol. The molecule has 0 saturated carbocycles. The fourth-order valence-electron chi connectivity index (χ4n) is 3.91. The zero-order valence-corrected chi connectivity index (χ0v) is 15.7. The van der Waals surface area contributed by atoms with Crippen LogP contribution in [0.4, 0.5) is 0 Å². The maximum absolute atomic E-state index is 12.1. The number of thiocarbonyl (C=S) groups is 1. The van der Waals surface area contributed by atoms with Gasteiger partial charge >= 0.3 is 5.97 Å². The molecule has 1 N–H and O–H groups in total. The van der Waals surface area contributed by atoms with Crippen LogP contribution in [0.2, 0.25) is 0 Å². The van der Waals surface area contributed by atoms with Crippen LogP contribution in [-0.2, 0) is 16.1 Å². The molecule has 1 saturated heterocycles. The van der Waals surface area contributed by atoms with Crippen LogP contribution >= 0.6 is 12.2 Å². The molecule has 2 aliphatic rings. The fraction of sp³-hybridized carbons (Fsp3) is 0.611. The van der Waals surface area contributed by atoms with E-state index in [4.69, 9.17) is 17.0 Å². The topological polar surface area (TPSA) is 63.6 Å². The number of nitrogens with one attached hydrogen (secondary N) is 1. The lowest BCUT2D eigenvalue weighted by Gasteiger charge is -2.44. The van der Waals surface area contributed by atoms with Gasteiger partial charge in [-0.3, -0.25) is 4.79 Å². The summed E-state index contributed by atoms with van der Waals surface area (Å²) in [6.07, 6.45) is 1.08. The van der Waals surface area contributed by atoms with Gasteiger partial charge in [0.2, 0.25) is 0 Å². The summed E-state index contributed by atoms with van der Waals surface area (Å²) < 4.78 is 6.78. The number of aromatic nitrogens is 1. The summed E-state index contributed by atoms with van der Waals surface area (Å²) in [6.45, 7) is 6.22. The SMILES string of the molecule is COC(=O)[C@H](NC(=S)N1C[C@@H]2C[C@H](C1)c1cccc(=O)n1C2)C(C)C. The lowest BCUT2D eigenvalue weighted by Crippen LogP contribution is -2.55. The zero-order valence-electron chi connectivity index (χ0n) is 14.9. The minimum atomic E-state index is -0.450. The van der Waals surface area contributed by atoms with Crippen molar-refractivity contribution >= 4 is 23.3 Å². The summed E-state index contributed by atoms with van der Waals surface area (Å²) in [4.78, 5) is 26.2. The summed E-state index contributed by atoms with van der Waals surface area (Å²) in [5.74, 6) is 0.457. The first-order valence-corrected chi connectivity index (χ1v) is 9.14. The number of methoxy groups -OCH3 is 1. The van der Waals surface area contributed by atoms with Crippen LogP contribution in [-0.4, -0.2) is 46.8 Å². The smallest absolute Gasteiger partial charge is 0.328 e. The number of ether oxygens (including phenoxy) is 1. The average molecular weight is 363 g/mol. The van der Waals surface area contributed by atoms with Crippen LogP contribution in [0, 0.1) is 11.8 Å². The first-order chi connectivity index (χ1) is 11.9. The van der Waals surface area contributed by atoms with Crippen LogP contribution in [0.15, 0.2) is 23.0 Å². The van der Waals surface area contributed by atoms with E-state index in [-0.39, 0.29) is 23.4 Å². The van der Waals surface area contributed by atoms with Crippen molar-refractivity contribution in [3.8, 4) is 0 Å². The third-order valence-electron chi connectivity index (χ3n) is 5.17. The maximum atomic E-state index is 12.1. The Hall–Kier alpha value is -1.89. The summed E-state index contributed by atoms with van der Waals surface area (Å²) in [7, 11) is 1.39. The van der Waals surface area contributed by atoms with E-state index in [1.165, 1.54) is 7.11 Å². The van der Waals surface area contributed by atoms with Crippen LogP contribution < -0.4 is 10.9 Å². The molecule has 0 radical (unpaired) electrons. The highest BCUT2D eigenvalue weighted by Crippen LogP contribution is 2.34. The van der Waals surface area contributed by atoms with E-state index in [9.17, 15) is 9.59 Å². The van der Waals surface area contributed by atoms with Gasteiger partial charge in [-0.2, -0.15) is 0 Å². The highest BCUT2D eigenvalue weighted by molar-refractivity contribution is 7.80. The highest BCUT2D eigenvalue weighted by atomic mass is 32.1. The molecule has 3 atom stereocenters. The first-order valence-electron chi connectivity index (χ1n) is 8.73. The molecular formula is C18H25N3O3S. The van der Waals surface area contributed by atoms with Crippen molar-refractivity contribution in [1.29, 1.82) is 0 Å². The number of carbonyl (C=O) groups excluding carboxylic acids is 1. The Morgan fingerprint density at radius 2 is 2.08 bits per heavy atom. The van der Waals surface area contributed by atoms with Crippen molar-refractivity contribution in [2.45, 2.75) is 38.8 Å². The summed E-state index contributed by atoms with van der Waals surface area (Å²) in [6, 6.07) is 5.04. The van der Waals surface area contributed by atoms with E-state index in [1.54, 1.807) is 6.07 Å². The van der Waals surface area contributed by atoms with Gasteiger partial charge in [0.05, 0.1) is 7.11 Å². The molecule has 2 bridgehead atoms. The highest BCUT2D eigenvalue weighted by Gasteiger charge is 2.36. The number of fused-ring (bicyclic) bond motifs is 4. The van der Waals surface area contributed by atoms with E-state index in [0.717, 1.165) is 31.7 Å². The first kappa shape index (κ1) is 17.9. The number of pyridine rings is 1. The Kier molecular flexibility index (Phi) is 5.13. The molecule has 3 rings (SSSR count). The second kappa shape index (κ2) is 7.15. The van der Waals surface area contributed by atoms with Crippen LogP contribution in [0.3, 0.4) is 0 Å². The quantitative estimate of drug-likeness (QED) is 0.646. The van der Waals surface area contributed by atoms with Crippen molar-refractivity contribution in [2.75, 3.05) is 20.2 Å². The van der Waals surface area contributed by atoms with Crippen LogP contribution in [0.5, 0.6) is 0 Å². The standard InChI is InChI=1S/C18H25N3O3S/c1-11(2)16(17(23)24-3)19-18(25)20-8-12-7-13(10-20)14-5-4-6-15(22)21(14)9-12/h4-6,11-13,16H,7-10H2,1-3H3,(H,19,25)/t12-,13+,16+/m0/s1. The molecular weight excluding hydrogens is 338 g/mol. The Balaban J connectivity index is 1.75. The molecule has 25 heavy (non-hydrogen) atoms. The molecule has 0 unspecified atom stereocenters. The molecule has 2 aliphatic heterocycles. The predicted octanol–water partition coefficient (Wildman–Crippen LogP) is 1.34. The molecule has 0 amide bonds. The van der Waals surface area contributed by atoms with E-state index >= 15 is 0 Å². The number of nitrogens with zero attached hydrogens (tertiary/aromatic N) is 2. The molecule has 136 valence electrons. The second-order valence-electron chi connectivity index (χ2n) is 7.30. The van der Waals surface area contributed by atoms with Crippen LogP contribution in [0.25, 0.3) is 0 Å². The second-order valence-corrected chi connectivity index (χ2v) is 7.68. The molecule has 0 aliphatic carbocycles. The minimum absolute atomic E-state index is 0.0758.